The molecular weight excluding hydrogens is 174 g/mol. The molecule has 0 aromatic carbocycles. The third kappa shape index (κ3) is 3.61. The number of hydrazone groups is 1. The minimum absolute atomic E-state index is 0.584. The number of carbonyl (C=O) groups is 1. The van der Waals surface area contributed by atoms with Gasteiger partial charge in [-0.05, 0) is 30.8 Å². The lowest BCUT2D eigenvalue weighted by atomic mass is 10.2. The molecule has 0 saturated carbocycles. The first-order valence-electron chi connectivity index (χ1n) is 3.97. The van der Waals surface area contributed by atoms with Crippen LogP contribution in [0.15, 0.2) is 5.10 Å². The van der Waals surface area contributed by atoms with Crippen molar-refractivity contribution in [2.75, 3.05) is 11.5 Å². The lowest BCUT2D eigenvalue weighted by Crippen LogP contribution is -2.25. The molecule has 1 aliphatic rings. The summed E-state index contributed by atoms with van der Waals surface area (Å²) < 4.78 is 0. The third-order valence-corrected chi connectivity index (χ3v) is 2.68. The van der Waals surface area contributed by atoms with Crippen molar-refractivity contribution in [3.8, 4) is 0 Å². The highest BCUT2D eigenvalue weighted by molar-refractivity contribution is 7.99. The van der Waals surface area contributed by atoms with Crippen LogP contribution < -0.4 is 11.2 Å². The maximum Gasteiger partial charge on any atom is 0.332 e. The number of hydrogen-bond acceptors (Lipinski definition) is 3. The molecule has 3 N–H and O–H groups in total. The van der Waals surface area contributed by atoms with Crippen molar-refractivity contribution in [1.82, 2.24) is 5.43 Å². The zero-order chi connectivity index (χ0) is 8.81. The van der Waals surface area contributed by atoms with E-state index in [1.165, 1.54) is 5.75 Å². The van der Waals surface area contributed by atoms with Gasteiger partial charge in [-0.1, -0.05) is 0 Å². The number of primary amides is 1. The Morgan fingerprint density at radius 3 is 3.08 bits per heavy atom. The fourth-order valence-corrected chi connectivity index (χ4v) is 1.97. The summed E-state index contributed by atoms with van der Waals surface area (Å²) in [5.41, 5.74) is 8.20. The van der Waals surface area contributed by atoms with Crippen molar-refractivity contribution in [3.63, 3.8) is 0 Å². The summed E-state index contributed by atoms with van der Waals surface area (Å²) in [6, 6.07) is -0.584. The molecule has 1 aliphatic heterocycles. The van der Waals surface area contributed by atoms with Crippen molar-refractivity contribution in [2.45, 2.75) is 19.3 Å². The van der Waals surface area contributed by atoms with Crippen molar-refractivity contribution in [2.24, 2.45) is 10.8 Å². The normalized spacial score (nSPS) is 21.8. The van der Waals surface area contributed by atoms with E-state index in [2.05, 4.69) is 10.5 Å². The lowest BCUT2D eigenvalue weighted by molar-refractivity contribution is 0.249. The van der Waals surface area contributed by atoms with E-state index in [0.717, 1.165) is 30.7 Å². The van der Waals surface area contributed by atoms with E-state index < -0.39 is 6.03 Å². The molecule has 0 aliphatic carbocycles. The maximum atomic E-state index is 10.3. The van der Waals surface area contributed by atoms with Crippen LogP contribution in [0.4, 0.5) is 4.79 Å². The van der Waals surface area contributed by atoms with E-state index in [1.54, 1.807) is 0 Å². The van der Waals surface area contributed by atoms with Crippen LogP contribution in [0.5, 0.6) is 0 Å². The number of amides is 2. The molecule has 0 aromatic heterocycles. The zero-order valence-electron chi connectivity index (χ0n) is 6.88. The molecule has 1 fully saturated rings. The van der Waals surface area contributed by atoms with Crippen LogP contribution in [0.3, 0.4) is 0 Å². The number of urea groups is 1. The molecular formula is C7H13N3OS. The Morgan fingerprint density at radius 2 is 2.33 bits per heavy atom. The average molecular weight is 187 g/mol. The summed E-state index contributed by atoms with van der Waals surface area (Å²) >= 11 is 1.93. The Morgan fingerprint density at radius 1 is 1.50 bits per heavy atom. The van der Waals surface area contributed by atoms with E-state index in [0.29, 0.717) is 0 Å². The Kier molecular flexibility index (Phi) is 3.93. The van der Waals surface area contributed by atoms with E-state index in [1.807, 2.05) is 11.8 Å². The van der Waals surface area contributed by atoms with Gasteiger partial charge in [0.2, 0.25) is 0 Å². The number of hydrogen-bond donors (Lipinski definition) is 2. The highest BCUT2D eigenvalue weighted by Crippen LogP contribution is 2.14. The quantitative estimate of drug-likeness (QED) is 0.599. The second-order valence-corrected chi connectivity index (χ2v) is 3.84. The van der Waals surface area contributed by atoms with E-state index in [4.69, 9.17) is 5.73 Å². The summed E-state index contributed by atoms with van der Waals surface area (Å²) in [5.74, 6) is 2.29. The Balaban J connectivity index is 2.37. The van der Waals surface area contributed by atoms with Crippen molar-refractivity contribution in [1.29, 1.82) is 0 Å². The molecule has 0 atom stereocenters. The largest absolute Gasteiger partial charge is 0.350 e. The maximum absolute atomic E-state index is 10.3. The summed E-state index contributed by atoms with van der Waals surface area (Å²) in [6.07, 6.45) is 3.09. The van der Waals surface area contributed by atoms with Gasteiger partial charge in [0.1, 0.15) is 0 Å². The van der Waals surface area contributed by atoms with Crippen LogP contribution in [0.25, 0.3) is 0 Å². The van der Waals surface area contributed by atoms with Gasteiger partial charge in [0.15, 0.2) is 0 Å². The van der Waals surface area contributed by atoms with Gasteiger partial charge in [-0.3, -0.25) is 0 Å². The highest BCUT2D eigenvalue weighted by Gasteiger charge is 2.05. The van der Waals surface area contributed by atoms with Crippen molar-refractivity contribution in [3.05, 3.63) is 0 Å². The number of thioether (sulfide) groups is 1. The first kappa shape index (κ1) is 9.38. The molecule has 0 bridgehead atoms. The molecule has 4 nitrogen and oxygen atoms in total. The monoisotopic (exact) mass is 187 g/mol. The molecule has 2 amide bonds. The Labute approximate surface area is 76.0 Å². The lowest BCUT2D eigenvalue weighted by Gasteiger charge is -1.99. The van der Waals surface area contributed by atoms with Crippen LogP contribution in [-0.4, -0.2) is 23.2 Å². The van der Waals surface area contributed by atoms with Gasteiger partial charge in [0, 0.05) is 5.71 Å². The average Bonchev–Trinajstić information content (AvgIpc) is 2.28. The van der Waals surface area contributed by atoms with Gasteiger partial charge in [-0.15, -0.1) is 0 Å². The van der Waals surface area contributed by atoms with Gasteiger partial charge < -0.3 is 5.73 Å². The molecule has 5 heteroatoms. The van der Waals surface area contributed by atoms with Crippen molar-refractivity contribution >= 4 is 23.5 Å². The third-order valence-electron chi connectivity index (χ3n) is 1.61. The second kappa shape index (κ2) is 5.03. The molecule has 68 valence electrons. The predicted octanol–water partition coefficient (Wildman–Crippen LogP) is 0.928. The van der Waals surface area contributed by atoms with Crippen LogP contribution in [-0.2, 0) is 0 Å². The minimum atomic E-state index is -0.584. The number of rotatable bonds is 1. The van der Waals surface area contributed by atoms with Gasteiger partial charge >= 0.3 is 6.03 Å². The molecule has 12 heavy (non-hydrogen) atoms. The van der Waals surface area contributed by atoms with Gasteiger partial charge in [-0.25, -0.2) is 10.2 Å². The fourth-order valence-electron chi connectivity index (χ4n) is 1.04. The highest BCUT2D eigenvalue weighted by atomic mass is 32.2. The van der Waals surface area contributed by atoms with Crippen LogP contribution in [0.1, 0.15) is 19.3 Å². The minimum Gasteiger partial charge on any atom is -0.350 e. The summed E-state index contributed by atoms with van der Waals surface area (Å²) in [7, 11) is 0. The van der Waals surface area contributed by atoms with Crippen LogP contribution >= 0.6 is 11.8 Å². The molecule has 0 radical (unpaired) electrons. The Hall–Kier alpha value is -0.710. The number of nitrogens with two attached hydrogens (primary N) is 1. The van der Waals surface area contributed by atoms with Gasteiger partial charge in [-0.2, -0.15) is 16.9 Å². The summed E-state index contributed by atoms with van der Waals surface area (Å²) in [4.78, 5) is 10.3. The molecule has 1 heterocycles. The SMILES string of the molecule is NC(=O)N/N=C1/CCCSCC1. The topological polar surface area (TPSA) is 67.5 Å². The Bertz CT molecular complexity index is 183. The zero-order valence-corrected chi connectivity index (χ0v) is 7.69. The molecule has 0 unspecified atom stereocenters. The van der Waals surface area contributed by atoms with Gasteiger partial charge in [0.05, 0.1) is 0 Å². The predicted molar refractivity (Wildman–Crippen MR) is 51.3 cm³/mol. The first-order chi connectivity index (χ1) is 5.79. The summed E-state index contributed by atoms with van der Waals surface area (Å²) in [6.45, 7) is 0. The van der Waals surface area contributed by atoms with E-state index in [-0.39, 0.29) is 0 Å². The molecule has 1 saturated heterocycles. The standard InChI is InChI=1S/C7H13N3OS/c8-7(11)10-9-6-2-1-4-12-5-3-6/h1-5H2,(H3,8,10,11)/b9-6-. The van der Waals surface area contributed by atoms with E-state index >= 15 is 0 Å². The first-order valence-corrected chi connectivity index (χ1v) is 5.13. The number of carbonyl (C=O) groups excluding carboxylic acids is 1. The molecule has 1 rings (SSSR count). The van der Waals surface area contributed by atoms with E-state index in [9.17, 15) is 4.79 Å². The number of nitrogens with one attached hydrogen (secondary N) is 1. The van der Waals surface area contributed by atoms with Crippen molar-refractivity contribution < 1.29 is 4.79 Å². The smallest absolute Gasteiger partial charge is 0.332 e. The summed E-state index contributed by atoms with van der Waals surface area (Å²) in [5, 5.41) is 3.92. The van der Waals surface area contributed by atoms with Gasteiger partial charge in [0.25, 0.3) is 0 Å². The second-order valence-electron chi connectivity index (χ2n) is 2.62. The van der Waals surface area contributed by atoms with Crippen LogP contribution in [0, 0.1) is 0 Å². The molecule has 0 spiro atoms. The molecule has 0 aromatic rings. The number of nitrogens with zero attached hydrogens (tertiary/aromatic N) is 1. The van der Waals surface area contributed by atoms with Crippen LogP contribution in [0.2, 0.25) is 0 Å². The fraction of sp³-hybridized carbons (Fsp3) is 0.714.